The van der Waals surface area contributed by atoms with Crippen molar-refractivity contribution >= 4 is 17.6 Å². The topological polar surface area (TPSA) is 120 Å². The Hall–Kier alpha value is -3.43. The molecule has 0 fully saturated rings. The Morgan fingerprint density at radius 2 is 2.00 bits per heavy atom. The molecule has 0 aliphatic carbocycles. The smallest absolute Gasteiger partial charge is 0.338 e. The third-order valence-electron chi connectivity index (χ3n) is 3.97. The molecule has 2 N–H and O–H groups in total. The van der Waals surface area contributed by atoms with E-state index in [9.17, 15) is 9.59 Å². The lowest BCUT2D eigenvalue weighted by Crippen LogP contribution is -2.23. The molecule has 3 aromatic rings. The molecule has 3 rings (SSSR count). The fraction of sp³-hybridized carbons (Fsp3) is 0.312. The zero-order chi connectivity index (χ0) is 18.8. The van der Waals surface area contributed by atoms with Gasteiger partial charge in [0.25, 0.3) is 0 Å². The van der Waals surface area contributed by atoms with Crippen LogP contribution in [0, 0.1) is 6.92 Å². The molecule has 0 aliphatic rings. The van der Waals surface area contributed by atoms with E-state index in [1.54, 1.807) is 28.7 Å². The van der Waals surface area contributed by atoms with E-state index in [1.807, 2.05) is 20.2 Å². The van der Waals surface area contributed by atoms with Crippen LogP contribution in [-0.4, -0.2) is 46.3 Å². The second kappa shape index (κ2) is 6.82. The van der Waals surface area contributed by atoms with E-state index in [0.29, 0.717) is 12.2 Å². The molecule has 0 saturated carbocycles. The van der Waals surface area contributed by atoms with Gasteiger partial charge in [-0.25, -0.2) is 4.79 Å². The lowest BCUT2D eigenvalue weighted by Gasteiger charge is -2.11. The summed E-state index contributed by atoms with van der Waals surface area (Å²) < 4.78 is 4.76. The molecule has 0 aliphatic heterocycles. The van der Waals surface area contributed by atoms with Crippen LogP contribution in [-0.2, 0) is 18.4 Å². The molecule has 3 aromatic heterocycles. The molecule has 10 heteroatoms. The van der Waals surface area contributed by atoms with E-state index >= 15 is 0 Å². The third-order valence-corrected chi connectivity index (χ3v) is 3.97. The molecule has 3 heterocycles. The number of aromatic carboxylic acids is 1. The summed E-state index contributed by atoms with van der Waals surface area (Å²) in [5.41, 5.74) is 2.55. The number of carbonyl (C=O) groups is 2. The number of aryl methyl sites for hydroxylation is 2. The van der Waals surface area contributed by atoms with Crippen molar-refractivity contribution in [2.24, 2.45) is 7.05 Å². The Bertz CT molecular complexity index is 953. The second-order valence-corrected chi connectivity index (χ2v) is 6.02. The van der Waals surface area contributed by atoms with Gasteiger partial charge in [-0.3, -0.25) is 18.8 Å². The van der Waals surface area contributed by atoms with Crippen molar-refractivity contribution in [2.75, 3.05) is 5.32 Å². The van der Waals surface area contributed by atoms with Crippen LogP contribution in [0.2, 0.25) is 0 Å². The Morgan fingerprint density at radius 1 is 1.23 bits per heavy atom. The fourth-order valence-corrected chi connectivity index (χ4v) is 2.52. The monoisotopic (exact) mass is 357 g/mol. The number of hydrogen-bond donors (Lipinski definition) is 2. The van der Waals surface area contributed by atoms with Gasteiger partial charge in [-0.2, -0.15) is 15.3 Å². The molecule has 0 saturated heterocycles. The number of anilines is 1. The number of nitrogens with one attached hydrogen (secondary N) is 1. The summed E-state index contributed by atoms with van der Waals surface area (Å²) in [5.74, 6) is -1.40. The normalized spacial score (nSPS) is 12.1. The maximum Gasteiger partial charge on any atom is 0.338 e. The number of carboxylic acids is 1. The lowest BCUT2D eigenvalue weighted by molar-refractivity contribution is -0.119. The van der Waals surface area contributed by atoms with E-state index in [1.165, 1.54) is 17.1 Å². The zero-order valence-electron chi connectivity index (χ0n) is 14.6. The Kier molecular flexibility index (Phi) is 4.57. The van der Waals surface area contributed by atoms with Crippen molar-refractivity contribution in [3.8, 4) is 0 Å². The van der Waals surface area contributed by atoms with Crippen molar-refractivity contribution in [2.45, 2.75) is 26.4 Å². The number of nitrogens with zero attached hydrogens (tertiary/aromatic N) is 6. The average Bonchev–Trinajstić information content (AvgIpc) is 3.28. The summed E-state index contributed by atoms with van der Waals surface area (Å²) in [7, 11) is 1.86. The summed E-state index contributed by atoms with van der Waals surface area (Å²) >= 11 is 0. The van der Waals surface area contributed by atoms with E-state index in [0.717, 1.165) is 11.3 Å². The van der Waals surface area contributed by atoms with Gasteiger partial charge in [-0.15, -0.1) is 0 Å². The van der Waals surface area contributed by atoms with Crippen LogP contribution in [0.3, 0.4) is 0 Å². The quantitative estimate of drug-likeness (QED) is 0.681. The number of carboxylic acid groups (broad SMARTS) is 1. The average molecular weight is 357 g/mol. The van der Waals surface area contributed by atoms with Gasteiger partial charge in [0.15, 0.2) is 0 Å². The van der Waals surface area contributed by atoms with Crippen LogP contribution in [0.5, 0.6) is 0 Å². The minimum atomic E-state index is -1.09. The first-order valence-corrected chi connectivity index (χ1v) is 7.93. The van der Waals surface area contributed by atoms with Crippen LogP contribution in [0.1, 0.15) is 34.6 Å². The second-order valence-electron chi connectivity index (χ2n) is 6.02. The highest BCUT2D eigenvalue weighted by Gasteiger charge is 2.18. The van der Waals surface area contributed by atoms with Crippen LogP contribution in [0.25, 0.3) is 0 Å². The van der Waals surface area contributed by atoms with Gasteiger partial charge >= 0.3 is 5.97 Å². The van der Waals surface area contributed by atoms with Crippen molar-refractivity contribution in [1.29, 1.82) is 0 Å². The molecule has 136 valence electrons. The van der Waals surface area contributed by atoms with Crippen molar-refractivity contribution < 1.29 is 14.7 Å². The minimum absolute atomic E-state index is 0.0318. The van der Waals surface area contributed by atoms with Gasteiger partial charge in [-0.05, 0) is 13.8 Å². The largest absolute Gasteiger partial charge is 0.478 e. The summed E-state index contributed by atoms with van der Waals surface area (Å²) in [6.45, 7) is 4.11. The third kappa shape index (κ3) is 3.63. The summed E-state index contributed by atoms with van der Waals surface area (Å²) in [4.78, 5) is 23.3. The molecule has 26 heavy (non-hydrogen) atoms. The van der Waals surface area contributed by atoms with E-state index < -0.39 is 12.0 Å². The number of hydrogen-bond acceptors (Lipinski definition) is 5. The van der Waals surface area contributed by atoms with E-state index in [2.05, 4.69) is 20.6 Å². The maximum absolute atomic E-state index is 12.3. The van der Waals surface area contributed by atoms with Gasteiger partial charge in [0, 0.05) is 31.2 Å². The summed E-state index contributed by atoms with van der Waals surface area (Å²) in [5, 5.41) is 24.1. The molecule has 1 amide bonds. The highest BCUT2D eigenvalue weighted by molar-refractivity contribution is 5.93. The SMILES string of the molecule is Cc1nn(C)cc1Cn1cc(NC(=O)C(C)n2cc(C(=O)O)cn2)cn1. The molecule has 0 spiro atoms. The first-order valence-electron chi connectivity index (χ1n) is 7.93. The van der Waals surface area contributed by atoms with Gasteiger partial charge in [0.2, 0.25) is 5.91 Å². The molecule has 10 nitrogen and oxygen atoms in total. The number of amides is 1. The molecule has 1 atom stereocenters. The number of carbonyl (C=O) groups excluding carboxylic acids is 1. The Morgan fingerprint density at radius 3 is 2.62 bits per heavy atom. The molecule has 0 bridgehead atoms. The zero-order valence-corrected chi connectivity index (χ0v) is 14.6. The van der Waals surface area contributed by atoms with Crippen molar-refractivity contribution in [3.63, 3.8) is 0 Å². The van der Waals surface area contributed by atoms with E-state index in [-0.39, 0.29) is 11.5 Å². The number of aromatic nitrogens is 6. The molecular formula is C16H19N7O3. The predicted octanol–water partition coefficient (Wildman–Crippen LogP) is 1.07. The van der Waals surface area contributed by atoms with Crippen molar-refractivity contribution in [1.82, 2.24) is 29.3 Å². The fourth-order valence-electron chi connectivity index (χ4n) is 2.52. The van der Waals surface area contributed by atoms with Gasteiger partial charge in [-0.1, -0.05) is 0 Å². The standard InChI is InChI=1S/C16H19N7O3/c1-10-13(6-21(3)20-10)7-22-9-14(5-17-22)19-15(24)11(2)23-8-12(4-18-23)16(25)26/h4-6,8-9,11H,7H2,1-3H3,(H,19,24)(H,25,26). The van der Waals surface area contributed by atoms with Gasteiger partial charge in [0.1, 0.15) is 6.04 Å². The highest BCUT2D eigenvalue weighted by atomic mass is 16.4. The van der Waals surface area contributed by atoms with Crippen LogP contribution < -0.4 is 5.32 Å². The van der Waals surface area contributed by atoms with Crippen molar-refractivity contribution in [3.05, 3.63) is 47.8 Å². The number of rotatable bonds is 6. The predicted molar refractivity (Wildman–Crippen MR) is 91.8 cm³/mol. The lowest BCUT2D eigenvalue weighted by atomic mass is 10.3. The van der Waals surface area contributed by atoms with Gasteiger partial charge in [0.05, 0.1) is 35.9 Å². The van der Waals surface area contributed by atoms with Crippen LogP contribution in [0.4, 0.5) is 5.69 Å². The molecule has 0 aromatic carbocycles. The Balaban J connectivity index is 1.65. The highest BCUT2D eigenvalue weighted by Crippen LogP contribution is 2.13. The first kappa shape index (κ1) is 17.4. The molecule has 0 radical (unpaired) electrons. The van der Waals surface area contributed by atoms with Crippen LogP contribution in [0.15, 0.2) is 31.0 Å². The molecule has 1 unspecified atom stereocenters. The summed E-state index contributed by atoms with van der Waals surface area (Å²) in [6.07, 6.45) is 7.74. The minimum Gasteiger partial charge on any atom is -0.478 e. The summed E-state index contributed by atoms with van der Waals surface area (Å²) in [6, 6.07) is -0.660. The Labute approximate surface area is 149 Å². The maximum atomic E-state index is 12.3. The first-order chi connectivity index (χ1) is 12.3. The van der Waals surface area contributed by atoms with Crippen LogP contribution >= 0.6 is 0 Å². The molecular weight excluding hydrogens is 338 g/mol. The van der Waals surface area contributed by atoms with E-state index in [4.69, 9.17) is 5.11 Å². The van der Waals surface area contributed by atoms with Gasteiger partial charge < -0.3 is 10.4 Å².